The Morgan fingerprint density at radius 3 is 2.75 bits per heavy atom. The number of sulfonamides is 1. The topological polar surface area (TPSA) is 92.1 Å². The molecule has 1 fully saturated rings. The number of nitriles is 1. The zero-order valence-electron chi connectivity index (χ0n) is 11.3. The average molecular weight is 295 g/mol. The van der Waals surface area contributed by atoms with E-state index < -0.39 is 10.0 Å². The van der Waals surface area contributed by atoms with Crippen LogP contribution in [0.1, 0.15) is 25.0 Å². The zero-order valence-corrected chi connectivity index (χ0v) is 12.1. The van der Waals surface area contributed by atoms with Crippen molar-refractivity contribution in [2.75, 3.05) is 20.3 Å². The second-order valence-corrected chi connectivity index (χ2v) is 6.83. The van der Waals surface area contributed by atoms with Crippen LogP contribution in [-0.4, -0.2) is 33.7 Å². The molecule has 1 saturated carbocycles. The first kappa shape index (κ1) is 14.9. The predicted molar refractivity (Wildman–Crippen MR) is 72.3 cm³/mol. The van der Waals surface area contributed by atoms with Crippen molar-refractivity contribution in [1.82, 2.24) is 9.71 Å². The Kier molecular flexibility index (Phi) is 4.38. The smallest absolute Gasteiger partial charge is 0.242 e. The number of hydrogen-bond donors (Lipinski definition) is 1. The van der Waals surface area contributed by atoms with Gasteiger partial charge in [-0.25, -0.2) is 18.1 Å². The Bertz CT molecular complexity index is 601. The van der Waals surface area contributed by atoms with Crippen LogP contribution in [0, 0.1) is 16.7 Å². The summed E-state index contributed by atoms with van der Waals surface area (Å²) in [6, 6.07) is 4.64. The Morgan fingerprint density at radius 1 is 1.50 bits per heavy atom. The molecule has 0 unspecified atom stereocenters. The summed E-state index contributed by atoms with van der Waals surface area (Å²) in [4.78, 5) is 3.86. The van der Waals surface area contributed by atoms with E-state index in [2.05, 4.69) is 9.71 Å². The minimum Gasteiger partial charge on any atom is -0.385 e. The Morgan fingerprint density at radius 2 is 2.25 bits per heavy atom. The van der Waals surface area contributed by atoms with E-state index >= 15 is 0 Å². The number of hydrogen-bond acceptors (Lipinski definition) is 5. The van der Waals surface area contributed by atoms with Gasteiger partial charge in [0.1, 0.15) is 16.7 Å². The fraction of sp³-hybridized carbons (Fsp3) is 0.538. The molecule has 1 aliphatic carbocycles. The molecule has 1 aromatic rings. The molecule has 0 aliphatic heterocycles. The zero-order chi connectivity index (χ0) is 14.6. The van der Waals surface area contributed by atoms with Gasteiger partial charge in [0.25, 0.3) is 0 Å². The van der Waals surface area contributed by atoms with E-state index in [0.717, 1.165) is 19.3 Å². The molecule has 1 aliphatic rings. The third-order valence-electron chi connectivity index (χ3n) is 3.59. The van der Waals surface area contributed by atoms with Crippen molar-refractivity contribution in [2.45, 2.75) is 24.2 Å². The summed E-state index contributed by atoms with van der Waals surface area (Å²) in [6.07, 6.45) is 4.10. The van der Waals surface area contributed by atoms with Gasteiger partial charge in [-0.3, -0.25) is 0 Å². The summed E-state index contributed by atoms with van der Waals surface area (Å²) in [5, 5.41) is 8.64. The van der Waals surface area contributed by atoms with Gasteiger partial charge in [-0.1, -0.05) is 0 Å². The van der Waals surface area contributed by atoms with Gasteiger partial charge in [-0.2, -0.15) is 5.26 Å². The minimum atomic E-state index is -3.57. The molecule has 0 radical (unpaired) electrons. The molecule has 1 aromatic heterocycles. The van der Waals surface area contributed by atoms with E-state index in [9.17, 15) is 8.42 Å². The highest BCUT2D eigenvalue weighted by atomic mass is 32.2. The standard InChI is InChI=1S/C13H17N3O3S/c1-19-7-6-13(4-5-13)10-16-20(17,18)12-3-2-11(8-14)15-9-12/h2-3,9,16H,4-7,10H2,1H3. The lowest BCUT2D eigenvalue weighted by Crippen LogP contribution is -2.31. The van der Waals surface area contributed by atoms with Crippen molar-refractivity contribution < 1.29 is 13.2 Å². The maximum absolute atomic E-state index is 12.1. The fourth-order valence-corrected chi connectivity index (χ4v) is 3.05. The van der Waals surface area contributed by atoms with Crippen LogP contribution in [0.4, 0.5) is 0 Å². The third-order valence-corrected chi connectivity index (χ3v) is 4.98. The lowest BCUT2D eigenvalue weighted by molar-refractivity contribution is 0.173. The summed E-state index contributed by atoms with van der Waals surface area (Å²) in [6.45, 7) is 1.05. The van der Waals surface area contributed by atoms with Gasteiger partial charge < -0.3 is 4.74 Å². The van der Waals surface area contributed by atoms with Crippen LogP contribution in [0.3, 0.4) is 0 Å². The Labute approximate surface area is 118 Å². The highest BCUT2D eigenvalue weighted by Gasteiger charge is 2.42. The molecule has 0 saturated heterocycles. The monoisotopic (exact) mass is 295 g/mol. The van der Waals surface area contributed by atoms with Gasteiger partial charge in [0.2, 0.25) is 10.0 Å². The number of ether oxygens (including phenoxy) is 1. The summed E-state index contributed by atoms with van der Waals surface area (Å²) < 4.78 is 31.9. The van der Waals surface area contributed by atoms with Crippen LogP contribution in [0.2, 0.25) is 0 Å². The van der Waals surface area contributed by atoms with E-state index in [1.165, 1.54) is 18.3 Å². The molecule has 1 N–H and O–H groups in total. The SMILES string of the molecule is COCCC1(CNS(=O)(=O)c2ccc(C#N)nc2)CC1. The second-order valence-electron chi connectivity index (χ2n) is 5.06. The van der Waals surface area contributed by atoms with Crippen molar-refractivity contribution in [3.05, 3.63) is 24.0 Å². The van der Waals surface area contributed by atoms with Gasteiger partial charge in [0, 0.05) is 26.5 Å². The van der Waals surface area contributed by atoms with Gasteiger partial charge >= 0.3 is 0 Å². The molecule has 0 atom stereocenters. The number of nitrogens with zero attached hydrogens (tertiary/aromatic N) is 2. The normalized spacial score (nSPS) is 16.6. The van der Waals surface area contributed by atoms with Crippen molar-refractivity contribution in [1.29, 1.82) is 5.26 Å². The highest BCUT2D eigenvalue weighted by molar-refractivity contribution is 7.89. The molecule has 0 aromatic carbocycles. The average Bonchev–Trinajstić information content (AvgIpc) is 3.24. The van der Waals surface area contributed by atoms with Crippen LogP contribution in [-0.2, 0) is 14.8 Å². The predicted octanol–water partition coefficient (Wildman–Crippen LogP) is 1.05. The maximum atomic E-state index is 12.1. The molecular weight excluding hydrogens is 278 g/mol. The molecule has 1 heterocycles. The number of pyridine rings is 1. The largest absolute Gasteiger partial charge is 0.385 e. The summed E-state index contributed by atoms with van der Waals surface area (Å²) in [5.74, 6) is 0. The van der Waals surface area contributed by atoms with Crippen LogP contribution in [0.5, 0.6) is 0 Å². The number of rotatable bonds is 7. The summed E-state index contributed by atoms with van der Waals surface area (Å²) >= 11 is 0. The minimum absolute atomic E-state index is 0.0447. The molecule has 0 bridgehead atoms. The summed E-state index contributed by atoms with van der Waals surface area (Å²) in [5.41, 5.74) is 0.242. The molecule has 0 spiro atoms. The molecule has 7 heteroatoms. The van der Waals surface area contributed by atoms with E-state index in [-0.39, 0.29) is 16.0 Å². The third kappa shape index (κ3) is 3.54. The Hall–Kier alpha value is -1.49. The van der Waals surface area contributed by atoms with E-state index in [4.69, 9.17) is 10.00 Å². The lowest BCUT2D eigenvalue weighted by Gasteiger charge is -2.15. The van der Waals surface area contributed by atoms with Gasteiger partial charge in [-0.15, -0.1) is 0 Å². The van der Waals surface area contributed by atoms with E-state index in [0.29, 0.717) is 13.2 Å². The van der Waals surface area contributed by atoms with Crippen LogP contribution < -0.4 is 4.72 Å². The van der Waals surface area contributed by atoms with Gasteiger partial charge in [0.15, 0.2) is 0 Å². The lowest BCUT2D eigenvalue weighted by atomic mass is 10.0. The molecule has 20 heavy (non-hydrogen) atoms. The first-order valence-corrected chi connectivity index (χ1v) is 7.84. The van der Waals surface area contributed by atoms with Crippen LogP contribution in [0.25, 0.3) is 0 Å². The van der Waals surface area contributed by atoms with Crippen LogP contribution >= 0.6 is 0 Å². The second kappa shape index (κ2) is 5.87. The Balaban J connectivity index is 1.99. The van der Waals surface area contributed by atoms with E-state index in [1.54, 1.807) is 7.11 Å². The van der Waals surface area contributed by atoms with E-state index in [1.807, 2.05) is 6.07 Å². The molecular formula is C13H17N3O3S. The molecule has 0 amide bonds. The maximum Gasteiger partial charge on any atom is 0.242 e. The number of methoxy groups -OCH3 is 1. The molecule has 2 rings (SSSR count). The first-order valence-electron chi connectivity index (χ1n) is 6.36. The number of nitrogens with one attached hydrogen (secondary N) is 1. The molecule has 108 valence electrons. The van der Waals surface area contributed by atoms with Crippen molar-refractivity contribution >= 4 is 10.0 Å². The first-order chi connectivity index (χ1) is 9.51. The summed E-state index contributed by atoms with van der Waals surface area (Å²) in [7, 11) is -1.92. The number of aromatic nitrogens is 1. The molecule has 6 nitrogen and oxygen atoms in total. The van der Waals surface area contributed by atoms with Crippen LogP contribution in [0.15, 0.2) is 23.2 Å². The van der Waals surface area contributed by atoms with Crippen molar-refractivity contribution in [3.63, 3.8) is 0 Å². The van der Waals surface area contributed by atoms with Crippen molar-refractivity contribution in [2.24, 2.45) is 5.41 Å². The fourth-order valence-electron chi connectivity index (χ4n) is 1.95. The van der Waals surface area contributed by atoms with Crippen molar-refractivity contribution in [3.8, 4) is 6.07 Å². The van der Waals surface area contributed by atoms with Gasteiger partial charge in [0.05, 0.1) is 0 Å². The van der Waals surface area contributed by atoms with Gasteiger partial charge in [-0.05, 0) is 36.8 Å². The highest BCUT2D eigenvalue weighted by Crippen LogP contribution is 2.48. The quantitative estimate of drug-likeness (QED) is 0.811.